The van der Waals surface area contributed by atoms with Crippen molar-refractivity contribution in [2.45, 2.75) is 26.4 Å². The van der Waals surface area contributed by atoms with Gasteiger partial charge in [-0.15, -0.1) is 0 Å². The number of aliphatic hydroxyl groups is 1. The van der Waals surface area contributed by atoms with E-state index in [-0.39, 0.29) is 12.6 Å². The van der Waals surface area contributed by atoms with Gasteiger partial charge in [-0.25, -0.2) is 4.79 Å². The number of hydrogen-bond acceptors (Lipinski definition) is 5. The normalized spacial score (nSPS) is 11.4. The number of ether oxygens (including phenoxy) is 1. The molecule has 3 aromatic rings. The number of carbonyl (C=O) groups excluding carboxylic acids is 1. The summed E-state index contributed by atoms with van der Waals surface area (Å²) in [5, 5.41) is 10.4. The van der Waals surface area contributed by atoms with E-state index in [2.05, 4.69) is 18.7 Å². The van der Waals surface area contributed by atoms with E-state index >= 15 is 0 Å². The molecule has 0 fully saturated rings. The van der Waals surface area contributed by atoms with Crippen LogP contribution in [0.1, 0.15) is 29.9 Å². The maximum atomic E-state index is 12.9. The van der Waals surface area contributed by atoms with Crippen LogP contribution < -0.4 is 0 Å². The number of para-hydroxylation sites is 1. The van der Waals surface area contributed by atoms with Crippen LogP contribution in [0, 0.1) is 0 Å². The number of esters is 1. The van der Waals surface area contributed by atoms with Crippen LogP contribution in [0.3, 0.4) is 0 Å². The molecule has 0 aliphatic rings. The number of rotatable bonds is 7. The summed E-state index contributed by atoms with van der Waals surface area (Å²) >= 11 is 0. The van der Waals surface area contributed by atoms with Crippen LogP contribution in [0.15, 0.2) is 54.6 Å². The number of methoxy groups -OCH3 is 1. The number of benzene rings is 2. The van der Waals surface area contributed by atoms with Crippen LogP contribution in [0.25, 0.3) is 22.0 Å². The number of fused-ring (bicyclic) bond motifs is 1. The first-order valence-electron chi connectivity index (χ1n) is 9.47. The van der Waals surface area contributed by atoms with Crippen molar-refractivity contribution in [2.24, 2.45) is 0 Å². The van der Waals surface area contributed by atoms with Gasteiger partial charge in [0.2, 0.25) is 0 Å². The second-order valence-corrected chi connectivity index (χ2v) is 6.97. The smallest absolute Gasteiger partial charge is 0.340 e. The van der Waals surface area contributed by atoms with E-state index in [4.69, 9.17) is 9.72 Å². The summed E-state index contributed by atoms with van der Waals surface area (Å²) in [4.78, 5) is 19.8. The Balaban J connectivity index is 2.30. The molecule has 0 amide bonds. The fourth-order valence-corrected chi connectivity index (χ4v) is 3.44. The summed E-state index contributed by atoms with van der Waals surface area (Å²) < 4.78 is 5.14. The van der Waals surface area contributed by atoms with Crippen molar-refractivity contribution in [3.8, 4) is 11.1 Å². The van der Waals surface area contributed by atoms with Gasteiger partial charge in [0.05, 0.1) is 30.5 Å². The van der Waals surface area contributed by atoms with Gasteiger partial charge >= 0.3 is 5.97 Å². The molecule has 1 aromatic heterocycles. The fraction of sp³-hybridized carbons (Fsp3) is 0.304. The van der Waals surface area contributed by atoms with Gasteiger partial charge in [-0.05, 0) is 25.5 Å². The molecule has 1 N–H and O–H groups in total. The van der Waals surface area contributed by atoms with Crippen molar-refractivity contribution in [3.05, 3.63) is 65.9 Å². The van der Waals surface area contributed by atoms with Crippen molar-refractivity contribution < 1.29 is 14.6 Å². The van der Waals surface area contributed by atoms with Gasteiger partial charge in [0, 0.05) is 30.1 Å². The SMILES string of the molecule is COC(=O)c1c(CN(CCO)C(C)C)nc2ccccc2c1-c1ccccc1. The number of hydrogen-bond donors (Lipinski definition) is 1. The third kappa shape index (κ3) is 4.06. The number of pyridine rings is 1. The average Bonchev–Trinajstić information content (AvgIpc) is 2.72. The first kappa shape index (κ1) is 20.0. The molecule has 0 unspecified atom stereocenters. The number of carbonyl (C=O) groups is 1. The highest BCUT2D eigenvalue weighted by molar-refractivity contribution is 6.07. The maximum Gasteiger partial charge on any atom is 0.340 e. The minimum Gasteiger partial charge on any atom is -0.465 e. The third-order valence-electron chi connectivity index (χ3n) is 4.89. The lowest BCUT2D eigenvalue weighted by molar-refractivity contribution is 0.0597. The molecule has 2 aromatic carbocycles. The Hall–Kier alpha value is -2.76. The molecular formula is C23H26N2O3. The van der Waals surface area contributed by atoms with Crippen LogP contribution >= 0.6 is 0 Å². The topological polar surface area (TPSA) is 62.7 Å². The largest absolute Gasteiger partial charge is 0.465 e. The van der Waals surface area contributed by atoms with Crippen molar-refractivity contribution in [1.82, 2.24) is 9.88 Å². The molecule has 5 nitrogen and oxygen atoms in total. The van der Waals surface area contributed by atoms with Gasteiger partial charge in [0.25, 0.3) is 0 Å². The monoisotopic (exact) mass is 378 g/mol. The molecule has 28 heavy (non-hydrogen) atoms. The Bertz CT molecular complexity index is 955. The van der Waals surface area contributed by atoms with E-state index in [0.29, 0.717) is 24.3 Å². The van der Waals surface area contributed by atoms with Gasteiger partial charge in [-0.3, -0.25) is 9.88 Å². The van der Waals surface area contributed by atoms with Gasteiger partial charge < -0.3 is 9.84 Å². The van der Waals surface area contributed by atoms with Crippen molar-refractivity contribution in [2.75, 3.05) is 20.3 Å². The van der Waals surface area contributed by atoms with Crippen molar-refractivity contribution in [1.29, 1.82) is 0 Å². The molecule has 0 radical (unpaired) electrons. The Labute approximate surface area is 165 Å². The van der Waals surface area contributed by atoms with E-state index in [1.807, 2.05) is 54.6 Å². The summed E-state index contributed by atoms with van der Waals surface area (Å²) in [6.07, 6.45) is 0. The second-order valence-electron chi connectivity index (χ2n) is 6.97. The van der Waals surface area contributed by atoms with E-state index in [1.54, 1.807) is 0 Å². The zero-order chi connectivity index (χ0) is 20.1. The molecular weight excluding hydrogens is 352 g/mol. The van der Waals surface area contributed by atoms with Crippen LogP contribution in [0.4, 0.5) is 0 Å². The van der Waals surface area contributed by atoms with Crippen LogP contribution in [-0.4, -0.2) is 47.3 Å². The molecule has 0 bridgehead atoms. The lowest BCUT2D eigenvalue weighted by Gasteiger charge is -2.26. The highest BCUT2D eigenvalue weighted by Gasteiger charge is 2.24. The molecule has 5 heteroatoms. The Kier molecular flexibility index (Phi) is 6.39. The van der Waals surface area contributed by atoms with Crippen molar-refractivity contribution >= 4 is 16.9 Å². The van der Waals surface area contributed by atoms with Gasteiger partial charge in [-0.1, -0.05) is 48.5 Å². The predicted molar refractivity (Wildman–Crippen MR) is 111 cm³/mol. The fourth-order valence-electron chi connectivity index (χ4n) is 3.44. The molecule has 0 saturated carbocycles. The second kappa shape index (κ2) is 8.95. The Morgan fingerprint density at radius 1 is 1.11 bits per heavy atom. The summed E-state index contributed by atoms with van der Waals surface area (Å²) in [6.45, 7) is 5.13. The summed E-state index contributed by atoms with van der Waals surface area (Å²) in [7, 11) is 1.39. The molecule has 3 rings (SSSR count). The molecule has 0 atom stereocenters. The lowest BCUT2D eigenvalue weighted by Crippen LogP contribution is -2.34. The molecule has 1 heterocycles. The lowest BCUT2D eigenvalue weighted by atomic mass is 9.93. The Morgan fingerprint density at radius 3 is 2.43 bits per heavy atom. The summed E-state index contributed by atoms with van der Waals surface area (Å²) in [6, 6.07) is 17.9. The maximum absolute atomic E-state index is 12.9. The van der Waals surface area contributed by atoms with E-state index in [9.17, 15) is 9.90 Å². The molecule has 0 aliphatic heterocycles. The molecule has 146 valence electrons. The standard InChI is InChI=1S/C23H26N2O3/c1-16(2)25(13-14-26)15-20-22(23(27)28-3)21(17-9-5-4-6-10-17)18-11-7-8-12-19(18)24-20/h4-12,16,26H,13-15H2,1-3H3. The zero-order valence-corrected chi connectivity index (χ0v) is 16.6. The molecule has 0 spiro atoms. The summed E-state index contributed by atoms with van der Waals surface area (Å²) in [5.41, 5.74) is 3.75. The van der Waals surface area contributed by atoms with Gasteiger partial charge in [-0.2, -0.15) is 0 Å². The highest BCUT2D eigenvalue weighted by Crippen LogP contribution is 2.34. The highest BCUT2D eigenvalue weighted by atomic mass is 16.5. The first-order chi connectivity index (χ1) is 13.6. The van der Waals surface area contributed by atoms with Gasteiger partial charge in [0.15, 0.2) is 0 Å². The van der Waals surface area contributed by atoms with E-state index in [1.165, 1.54) is 7.11 Å². The van der Waals surface area contributed by atoms with Gasteiger partial charge in [0.1, 0.15) is 0 Å². The quantitative estimate of drug-likeness (QED) is 0.632. The zero-order valence-electron chi connectivity index (χ0n) is 16.6. The number of aromatic nitrogens is 1. The number of nitrogens with zero attached hydrogens (tertiary/aromatic N) is 2. The first-order valence-corrected chi connectivity index (χ1v) is 9.47. The van der Waals surface area contributed by atoms with Crippen LogP contribution in [0.5, 0.6) is 0 Å². The van der Waals surface area contributed by atoms with E-state index < -0.39 is 5.97 Å². The minimum absolute atomic E-state index is 0.0465. The molecule has 0 saturated heterocycles. The third-order valence-corrected chi connectivity index (χ3v) is 4.89. The van der Waals surface area contributed by atoms with Crippen molar-refractivity contribution in [3.63, 3.8) is 0 Å². The summed E-state index contributed by atoms with van der Waals surface area (Å²) in [5.74, 6) is -0.403. The van der Waals surface area contributed by atoms with Crippen LogP contribution in [-0.2, 0) is 11.3 Å². The van der Waals surface area contributed by atoms with E-state index in [0.717, 1.165) is 22.0 Å². The Morgan fingerprint density at radius 2 is 1.79 bits per heavy atom. The average molecular weight is 378 g/mol. The minimum atomic E-state index is -0.403. The number of aliphatic hydroxyl groups excluding tert-OH is 1. The van der Waals surface area contributed by atoms with Crippen LogP contribution in [0.2, 0.25) is 0 Å². The predicted octanol–water partition coefficient (Wildman–Crippen LogP) is 3.89. The molecule has 0 aliphatic carbocycles.